The predicted octanol–water partition coefficient (Wildman–Crippen LogP) is 3.91. The molecular weight excluding hydrogens is 330 g/mol. The minimum atomic E-state index is -0.104. The van der Waals surface area contributed by atoms with E-state index in [9.17, 15) is 4.79 Å². The van der Waals surface area contributed by atoms with Crippen molar-refractivity contribution < 1.29 is 19.0 Å². The van der Waals surface area contributed by atoms with E-state index in [1.165, 1.54) is 0 Å². The molecule has 2 aromatic carbocycles. The lowest BCUT2D eigenvalue weighted by Crippen LogP contribution is -2.28. The number of carbonyl (C=O) groups is 1. The van der Waals surface area contributed by atoms with Gasteiger partial charge in [0.15, 0.2) is 0 Å². The van der Waals surface area contributed by atoms with Gasteiger partial charge in [0.2, 0.25) is 5.91 Å². The van der Waals surface area contributed by atoms with E-state index in [0.717, 1.165) is 16.9 Å². The summed E-state index contributed by atoms with van der Waals surface area (Å²) in [6.45, 7) is 5.94. The first kappa shape index (κ1) is 19.6. The highest BCUT2D eigenvalue weighted by Gasteiger charge is 2.14. The van der Waals surface area contributed by atoms with Gasteiger partial charge in [-0.3, -0.25) is 4.79 Å². The largest absolute Gasteiger partial charge is 0.497 e. The summed E-state index contributed by atoms with van der Waals surface area (Å²) < 4.78 is 16.2. The van der Waals surface area contributed by atoms with Crippen molar-refractivity contribution in [3.05, 3.63) is 53.6 Å². The molecule has 0 aromatic heterocycles. The van der Waals surface area contributed by atoms with Crippen molar-refractivity contribution in [1.82, 2.24) is 5.32 Å². The van der Waals surface area contributed by atoms with Crippen molar-refractivity contribution in [1.29, 1.82) is 0 Å². The number of carbonyl (C=O) groups excluding carboxylic acids is 1. The summed E-state index contributed by atoms with van der Waals surface area (Å²) in [5.74, 6) is 2.11. The maximum absolute atomic E-state index is 12.4. The highest BCUT2D eigenvalue weighted by atomic mass is 16.5. The topological polar surface area (TPSA) is 56.8 Å². The van der Waals surface area contributed by atoms with Gasteiger partial charge < -0.3 is 19.5 Å². The molecule has 0 radical (unpaired) electrons. The van der Waals surface area contributed by atoms with Crippen molar-refractivity contribution in [2.45, 2.75) is 39.3 Å². The number of methoxy groups -OCH3 is 2. The van der Waals surface area contributed by atoms with Gasteiger partial charge in [-0.2, -0.15) is 0 Å². The molecule has 5 nitrogen and oxygen atoms in total. The number of amides is 1. The Hall–Kier alpha value is -2.69. The third-order valence-corrected chi connectivity index (χ3v) is 3.97. The lowest BCUT2D eigenvalue weighted by Gasteiger charge is -2.16. The Balaban J connectivity index is 2.01. The highest BCUT2D eigenvalue weighted by Crippen LogP contribution is 2.25. The summed E-state index contributed by atoms with van der Waals surface area (Å²) in [7, 11) is 3.19. The lowest BCUT2D eigenvalue weighted by molar-refractivity contribution is -0.121. The SMILES string of the molecule is COc1ccc(OC)c(CC(=O)NC(C)c2ccc(OC(C)C)cc2)c1. The zero-order valence-corrected chi connectivity index (χ0v) is 16.0. The van der Waals surface area contributed by atoms with E-state index in [1.807, 2.05) is 57.2 Å². The Kier molecular flexibility index (Phi) is 6.89. The second-order valence-electron chi connectivity index (χ2n) is 6.38. The molecule has 0 saturated carbocycles. The molecule has 1 N–H and O–H groups in total. The molecular formula is C21H27NO4. The smallest absolute Gasteiger partial charge is 0.225 e. The van der Waals surface area contributed by atoms with Gasteiger partial charge in [0.1, 0.15) is 17.2 Å². The van der Waals surface area contributed by atoms with Gasteiger partial charge in [-0.25, -0.2) is 0 Å². The molecule has 1 amide bonds. The van der Waals surface area contributed by atoms with E-state index in [4.69, 9.17) is 14.2 Å². The fourth-order valence-corrected chi connectivity index (χ4v) is 2.68. The number of ether oxygens (including phenoxy) is 3. The van der Waals surface area contributed by atoms with E-state index < -0.39 is 0 Å². The molecule has 0 heterocycles. The van der Waals surface area contributed by atoms with E-state index in [2.05, 4.69) is 5.32 Å². The van der Waals surface area contributed by atoms with Crippen molar-refractivity contribution in [3.63, 3.8) is 0 Å². The fraction of sp³-hybridized carbons (Fsp3) is 0.381. The molecule has 0 aliphatic carbocycles. The monoisotopic (exact) mass is 357 g/mol. The third-order valence-electron chi connectivity index (χ3n) is 3.97. The normalized spacial score (nSPS) is 11.8. The molecule has 0 bridgehead atoms. The van der Waals surface area contributed by atoms with Crippen LogP contribution in [0.15, 0.2) is 42.5 Å². The first-order valence-electron chi connectivity index (χ1n) is 8.69. The van der Waals surface area contributed by atoms with Gasteiger partial charge >= 0.3 is 0 Å². The molecule has 0 fully saturated rings. The third kappa shape index (κ3) is 5.41. The summed E-state index contributed by atoms with van der Waals surface area (Å²) in [6.07, 6.45) is 0.357. The van der Waals surface area contributed by atoms with Gasteiger partial charge in [0.05, 0.1) is 32.8 Å². The second kappa shape index (κ2) is 9.13. The van der Waals surface area contributed by atoms with Crippen LogP contribution in [0.1, 0.15) is 37.9 Å². The first-order valence-corrected chi connectivity index (χ1v) is 8.69. The van der Waals surface area contributed by atoms with Crippen LogP contribution in [0, 0.1) is 0 Å². The number of hydrogen-bond acceptors (Lipinski definition) is 4. The molecule has 1 atom stereocenters. The Bertz CT molecular complexity index is 725. The quantitative estimate of drug-likeness (QED) is 0.778. The van der Waals surface area contributed by atoms with Crippen molar-refractivity contribution in [3.8, 4) is 17.2 Å². The Morgan fingerprint density at radius 1 is 0.962 bits per heavy atom. The van der Waals surface area contributed by atoms with Crippen LogP contribution in [-0.4, -0.2) is 26.2 Å². The predicted molar refractivity (Wildman–Crippen MR) is 102 cm³/mol. The molecule has 0 spiro atoms. The Morgan fingerprint density at radius 3 is 2.19 bits per heavy atom. The molecule has 5 heteroatoms. The molecule has 0 aliphatic heterocycles. The van der Waals surface area contributed by atoms with Gasteiger partial charge in [0.25, 0.3) is 0 Å². The molecule has 0 aliphatic rings. The summed E-state index contributed by atoms with van der Waals surface area (Å²) in [5.41, 5.74) is 1.81. The van der Waals surface area contributed by atoms with E-state index in [0.29, 0.717) is 11.5 Å². The van der Waals surface area contributed by atoms with Crippen LogP contribution in [0.3, 0.4) is 0 Å². The Labute approximate surface area is 155 Å². The van der Waals surface area contributed by atoms with Crippen molar-refractivity contribution in [2.75, 3.05) is 14.2 Å². The van der Waals surface area contributed by atoms with E-state index >= 15 is 0 Å². The summed E-state index contributed by atoms with van der Waals surface area (Å²) in [6, 6.07) is 13.1. The minimum absolute atomic E-state index is 0.0773. The first-order chi connectivity index (χ1) is 12.4. The second-order valence-corrected chi connectivity index (χ2v) is 6.38. The van der Waals surface area contributed by atoms with Crippen LogP contribution in [0.4, 0.5) is 0 Å². The van der Waals surface area contributed by atoms with Gasteiger partial charge in [0, 0.05) is 5.56 Å². The highest BCUT2D eigenvalue weighted by molar-refractivity contribution is 5.80. The van der Waals surface area contributed by atoms with Crippen LogP contribution in [0.5, 0.6) is 17.2 Å². The molecule has 1 unspecified atom stereocenters. The molecule has 140 valence electrons. The number of rotatable bonds is 8. The van der Waals surface area contributed by atoms with Crippen LogP contribution in [0.2, 0.25) is 0 Å². The van der Waals surface area contributed by atoms with Crippen LogP contribution >= 0.6 is 0 Å². The van der Waals surface area contributed by atoms with Crippen LogP contribution in [-0.2, 0) is 11.2 Å². The molecule has 2 aromatic rings. The maximum atomic E-state index is 12.4. The summed E-state index contributed by atoms with van der Waals surface area (Å²) >= 11 is 0. The number of hydrogen-bond donors (Lipinski definition) is 1. The average Bonchev–Trinajstić information content (AvgIpc) is 2.61. The van der Waals surface area contributed by atoms with Crippen LogP contribution < -0.4 is 19.5 Å². The molecule has 2 rings (SSSR count). The van der Waals surface area contributed by atoms with E-state index in [1.54, 1.807) is 20.3 Å². The standard InChI is InChI=1S/C21H27NO4/c1-14(2)26-18-8-6-16(7-9-18)15(3)22-21(23)13-17-12-19(24-4)10-11-20(17)25-5/h6-12,14-15H,13H2,1-5H3,(H,22,23). The fourth-order valence-electron chi connectivity index (χ4n) is 2.68. The van der Waals surface area contributed by atoms with Gasteiger partial charge in [-0.05, 0) is 56.7 Å². The van der Waals surface area contributed by atoms with Gasteiger partial charge in [-0.1, -0.05) is 12.1 Å². The molecule has 0 saturated heterocycles. The minimum Gasteiger partial charge on any atom is -0.497 e. The number of benzene rings is 2. The average molecular weight is 357 g/mol. The maximum Gasteiger partial charge on any atom is 0.225 e. The number of nitrogens with one attached hydrogen (secondary N) is 1. The Morgan fingerprint density at radius 2 is 1.62 bits per heavy atom. The van der Waals surface area contributed by atoms with Crippen molar-refractivity contribution >= 4 is 5.91 Å². The summed E-state index contributed by atoms with van der Waals surface area (Å²) in [5, 5.41) is 3.02. The zero-order valence-electron chi connectivity index (χ0n) is 16.0. The molecule has 26 heavy (non-hydrogen) atoms. The van der Waals surface area contributed by atoms with Crippen LogP contribution in [0.25, 0.3) is 0 Å². The van der Waals surface area contributed by atoms with E-state index in [-0.39, 0.29) is 24.5 Å². The van der Waals surface area contributed by atoms with Crippen molar-refractivity contribution in [2.24, 2.45) is 0 Å². The summed E-state index contributed by atoms with van der Waals surface area (Å²) in [4.78, 5) is 12.4. The van der Waals surface area contributed by atoms with Gasteiger partial charge in [-0.15, -0.1) is 0 Å². The lowest BCUT2D eigenvalue weighted by atomic mass is 10.1. The zero-order chi connectivity index (χ0) is 19.1.